The number of benzene rings is 2. The Bertz CT molecular complexity index is 1530. The van der Waals surface area contributed by atoms with Crippen molar-refractivity contribution in [2.75, 3.05) is 18.4 Å². The minimum Gasteiger partial charge on any atom is -0.394 e. The molecule has 4 rings (SSSR count). The Labute approximate surface area is 238 Å². The number of carbonyl (C=O) groups is 3. The van der Waals surface area contributed by atoms with Crippen molar-refractivity contribution in [2.24, 2.45) is 16.6 Å². The highest BCUT2D eigenvalue weighted by atomic mass is 19.1. The van der Waals surface area contributed by atoms with Crippen LogP contribution in [-0.2, 0) is 22.7 Å². The molecule has 2 heterocycles. The minimum absolute atomic E-state index is 0.00451. The van der Waals surface area contributed by atoms with Gasteiger partial charge in [0.1, 0.15) is 17.2 Å². The van der Waals surface area contributed by atoms with E-state index in [1.165, 1.54) is 6.07 Å². The molecule has 0 spiro atoms. The van der Waals surface area contributed by atoms with Crippen LogP contribution in [0.5, 0.6) is 0 Å². The predicted octanol–water partition coefficient (Wildman–Crippen LogP) is 3.85. The molecule has 3 aromatic rings. The number of hydrogen-bond donors (Lipinski definition) is 4. The Morgan fingerprint density at radius 2 is 2.00 bits per heavy atom. The van der Waals surface area contributed by atoms with Crippen molar-refractivity contribution in [1.82, 2.24) is 15.2 Å². The summed E-state index contributed by atoms with van der Waals surface area (Å²) in [6.45, 7) is 7.89. The fraction of sp³-hybridized carbons (Fsp3) is 0.226. The zero-order valence-corrected chi connectivity index (χ0v) is 23.0. The van der Waals surface area contributed by atoms with E-state index >= 15 is 0 Å². The van der Waals surface area contributed by atoms with Crippen LogP contribution in [0.2, 0.25) is 0 Å². The van der Waals surface area contributed by atoms with Gasteiger partial charge in [0.25, 0.3) is 11.8 Å². The van der Waals surface area contributed by atoms with Crippen LogP contribution in [0.1, 0.15) is 34.1 Å². The number of hydrogen-bond acceptors (Lipinski definition) is 5. The molecule has 1 aliphatic heterocycles. The number of aromatic amines is 1. The largest absolute Gasteiger partial charge is 0.394 e. The van der Waals surface area contributed by atoms with E-state index in [0.29, 0.717) is 40.3 Å². The smallest absolute Gasteiger partial charge is 0.271 e. The summed E-state index contributed by atoms with van der Waals surface area (Å²) in [6.07, 6.45) is 2.79. The summed E-state index contributed by atoms with van der Waals surface area (Å²) in [4.78, 5) is 47.3. The zero-order valence-electron chi connectivity index (χ0n) is 23.0. The molecule has 2 aromatic carbocycles. The van der Waals surface area contributed by atoms with Gasteiger partial charge in [-0.25, -0.2) is 4.39 Å². The molecule has 0 bridgehead atoms. The van der Waals surface area contributed by atoms with E-state index in [9.17, 15) is 18.8 Å². The first kappa shape index (κ1) is 29.0. The number of nitrogens with one attached hydrogen (secondary N) is 3. The number of anilines is 1. The van der Waals surface area contributed by atoms with Crippen molar-refractivity contribution in [3.8, 4) is 0 Å². The quantitative estimate of drug-likeness (QED) is 0.314. The molecule has 212 valence electrons. The number of likely N-dealkylation sites (tertiary alicyclic amines) is 1. The summed E-state index contributed by atoms with van der Waals surface area (Å²) in [5, 5.41) is 5.41. The van der Waals surface area contributed by atoms with Crippen LogP contribution < -0.4 is 16.4 Å². The molecule has 9 nitrogen and oxygen atoms in total. The van der Waals surface area contributed by atoms with E-state index in [1.54, 1.807) is 41.4 Å². The standard InChI is InChI=1S/C31H33FN6O3/c1-4-27(39)35-16-22-14-21(10-11-25(22)32)15-36-29-20(3)17-38(31(41)26-9-6-12-34-26)18-24(29)28(33)30(40)37-23-8-5-7-19(2)13-23/h4-14,20,34H,1,15-18,33H2,2-3H3,(H,35,39)(H,37,40). The molecule has 0 radical (unpaired) electrons. The van der Waals surface area contributed by atoms with E-state index in [1.807, 2.05) is 32.0 Å². The van der Waals surface area contributed by atoms with Gasteiger partial charge < -0.3 is 26.3 Å². The lowest BCUT2D eigenvalue weighted by Gasteiger charge is -2.34. The van der Waals surface area contributed by atoms with Gasteiger partial charge in [0.05, 0.1) is 13.1 Å². The Morgan fingerprint density at radius 1 is 1.20 bits per heavy atom. The SMILES string of the molecule is C=CC(=O)NCc1cc(CN=C2C(=C(N)C(=O)Nc3cccc(C)c3)CN(C(=O)c3ccc[nH]3)CC2C)ccc1F. The topological polar surface area (TPSA) is 133 Å². The molecule has 1 aliphatic rings. The number of piperidine rings is 1. The molecule has 0 saturated carbocycles. The van der Waals surface area contributed by atoms with E-state index in [0.717, 1.165) is 11.6 Å². The Kier molecular flexibility index (Phi) is 9.13. The third-order valence-corrected chi connectivity index (χ3v) is 6.76. The zero-order chi connectivity index (χ0) is 29.5. The van der Waals surface area contributed by atoms with Gasteiger partial charge >= 0.3 is 0 Å². The summed E-state index contributed by atoms with van der Waals surface area (Å²) in [6, 6.07) is 15.4. The Morgan fingerprint density at radius 3 is 2.71 bits per heavy atom. The number of carbonyl (C=O) groups excluding carboxylic acids is 3. The Balaban J connectivity index is 1.64. The first-order chi connectivity index (χ1) is 19.7. The fourth-order valence-corrected chi connectivity index (χ4v) is 4.66. The molecule has 3 amide bonds. The monoisotopic (exact) mass is 556 g/mol. The fourth-order valence-electron chi connectivity index (χ4n) is 4.66. The van der Waals surface area contributed by atoms with Crippen LogP contribution in [0, 0.1) is 18.7 Å². The molecule has 1 unspecified atom stereocenters. The highest BCUT2D eigenvalue weighted by Gasteiger charge is 2.33. The van der Waals surface area contributed by atoms with Crippen LogP contribution in [0.25, 0.3) is 0 Å². The average Bonchev–Trinajstić information content (AvgIpc) is 3.50. The number of aromatic nitrogens is 1. The summed E-state index contributed by atoms with van der Waals surface area (Å²) in [7, 11) is 0. The number of rotatable bonds is 8. The number of halogens is 1. The van der Waals surface area contributed by atoms with Crippen molar-refractivity contribution >= 4 is 29.1 Å². The maximum absolute atomic E-state index is 14.4. The molecule has 1 aromatic heterocycles. The second kappa shape index (κ2) is 12.9. The second-order valence-electron chi connectivity index (χ2n) is 9.94. The molecule has 41 heavy (non-hydrogen) atoms. The van der Waals surface area contributed by atoms with Gasteiger partial charge in [0.2, 0.25) is 5.91 Å². The number of nitrogens with two attached hydrogens (primary N) is 1. The predicted molar refractivity (Wildman–Crippen MR) is 156 cm³/mol. The molecule has 1 fully saturated rings. The minimum atomic E-state index is -0.498. The molecule has 1 saturated heterocycles. The van der Waals surface area contributed by atoms with Gasteiger partial charge in [-0.1, -0.05) is 31.7 Å². The first-order valence-corrected chi connectivity index (χ1v) is 13.2. The van der Waals surface area contributed by atoms with Gasteiger partial charge in [-0.05, 0) is 60.5 Å². The molecular formula is C31H33FN6O3. The van der Waals surface area contributed by atoms with Crippen molar-refractivity contribution < 1.29 is 18.8 Å². The highest BCUT2D eigenvalue weighted by Crippen LogP contribution is 2.24. The number of aryl methyl sites for hydroxylation is 1. The molecule has 5 N–H and O–H groups in total. The Hall–Kier alpha value is -4.99. The lowest BCUT2D eigenvalue weighted by Crippen LogP contribution is -2.46. The number of aliphatic imine (C=N–C) groups is 1. The van der Waals surface area contributed by atoms with Crippen LogP contribution in [0.3, 0.4) is 0 Å². The summed E-state index contributed by atoms with van der Waals surface area (Å²) in [5.41, 5.74) is 10.5. The van der Waals surface area contributed by atoms with E-state index < -0.39 is 17.6 Å². The van der Waals surface area contributed by atoms with Crippen molar-refractivity contribution in [3.05, 3.63) is 113 Å². The van der Waals surface area contributed by atoms with Crippen LogP contribution in [0.15, 0.2) is 89.7 Å². The van der Waals surface area contributed by atoms with Gasteiger partial charge in [-0.15, -0.1) is 0 Å². The van der Waals surface area contributed by atoms with Crippen molar-refractivity contribution in [3.63, 3.8) is 0 Å². The average molecular weight is 557 g/mol. The number of nitrogens with zero attached hydrogens (tertiary/aromatic N) is 2. The third kappa shape index (κ3) is 7.16. The van der Waals surface area contributed by atoms with Gasteiger partial charge in [0.15, 0.2) is 0 Å². The maximum atomic E-state index is 14.4. The third-order valence-electron chi connectivity index (χ3n) is 6.76. The van der Waals surface area contributed by atoms with Gasteiger partial charge in [-0.3, -0.25) is 19.4 Å². The van der Waals surface area contributed by atoms with Crippen LogP contribution in [0.4, 0.5) is 10.1 Å². The van der Waals surface area contributed by atoms with Crippen molar-refractivity contribution in [2.45, 2.75) is 26.9 Å². The van der Waals surface area contributed by atoms with E-state index in [2.05, 4.69) is 22.2 Å². The number of amides is 3. The van der Waals surface area contributed by atoms with Crippen LogP contribution >= 0.6 is 0 Å². The van der Waals surface area contributed by atoms with E-state index in [-0.39, 0.29) is 37.2 Å². The second-order valence-corrected chi connectivity index (χ2v) is 9.94. The lowest BCUT2D eigenvalue weighted by molar-refractivity contribution is -0.116. The summed E-state index contributed by atoms with van der Waals surface area (Å²) < 4.78 is 14.4. The molecule has 0 aliphatic carbocycles. The molecular weight excluding hydrogens is 523 g/mol. The van der Waals surface area contributed by atoms with Crippen LogP contribution in [-0.4, -0.2) is 46.4 Å². The highest BCUT2D eigenvalue weighted by molar-refractivity contribution is 6.13. The van der Waals surface area contributed by atoms with E-state index in [4.69, 9.17) is 10.7 Å². The molecule has 1 atom stereocenters. The van der Waals surface area contributed by atoms with Gasteiger partial charge in [-0.2, -0.15) is 0 Å². The molecule has 10 heteroatoms. The first-order valence-electron chi connectivity index (χ1n) is 13.2. The normalized spacial score (nSPS) is 17.2. The van der Waals surface area contributed by atoms with Gasteiger partial charge in [0, 0.05) is 47.7 Å². The lowest BCUT2D eigenvalue weighted by atomic mass is 9.90. The maximum Gasteiger partial charge on any atom is 0.271 e. The summed E-state index contributed by atoms with van der Waals surface area (Å²) >= 11 is 0. The summed E-state index contributed by atoms with van der Waals surface area (Å²) in [5.74, 6) is -1.81. The van der Waals surface area contributed by atoms with Crippen molar-refractivity contribution in [1.29, 1.82) is 0 Å². The number of H-pyrrole nitrogens is 1.